The molecule has 1 saturated heterocycles. The molecule has 1 amide bonds. The zero-order valence-electron chi connectivity index (χ0n) is 12.3. The summed E-state index contributed by atoms with van der Waals surface area (Å²) < 4.78 is 12.9. The molecule has 1 atom stereocenters. The minimum Gasteiger partial charge on any atom is -0.339 e. The summed E-state index contributed by atoms with van der Waals surface area (Å²) in [6.45, 7) is 3.83. The van der Waals surface area contributed by atoms with Gasteiger partial charge in [-0.2, -0.15) is 0 Å². The van der Waals surface area contributed by atoms with E-state index >= 15 is 0 Å². The lowest BCUT2D eigenvalue weighted by Crippen LogP contribution is -2.26. The molecule has 1 aliphatic rings. The van der Waals surface area contributed by atoms with Gasteiger partial charge in [0, 0.05) is 30.1 Å². The van der Waals surface area contributed by atoms with Crippen LogP contribution in [0, 0.1) is 11.7 Å². The van der Waals surface area contributed by atoms with Gasteiger partial charge in [0.15, 0.2) is 0 Å². The maximum Gasteiger partial charge on any atom is 0.246 e. The predicted molar refractivity (Wildman–Crippen MR) is 86.9 cm³/mol. The zero-order valence-corrected chi connectivity index (χ0v) is 13.1. The average Bonchev–Trinajstić information content (AvgIpc) is 3.15. The summed E-state index contributed by atoms with van der Waals surface area (Å²) in [5.74, 6) is 0.369. The topological polar surface area (TPSA) is 33.2 Å². The van der Waals surface area contributed by atoms with Crippen LogP contribution in [0.4, 0.5) is 4.39 Å². The molecule has 2 aromatic rings. The van der Waals surface area contributed by atoms with E-state index in [4.69, 9.17) is 0 Å². The van der Waals surface area contributed by atoms with Gasteiger partial charge in [0.2, 0.25) is 5.91 Å². The Morgan fingerprint density at radius 1 is 1.41 bits per heavy atom. The molecule has 0 aliphatic carbocycles. The molecule has 0 spiro atoms. The number of benzene rings is 1. The van der Waals surface area contributed by atoms with Gasteiger partial charge >= 0.3 is 0 Å². The predicted octanol–water partition coefficient (Wildman–Crippen LogP) is 3.83. The first-order valence-electron chi connectivity index (χ1n) is 7.30. The van der Waals surface area contributed by atoms with Crippen LogP contribution in [0.15, 0.2) is 35.7 Å². The van der Waals surface area contributed by atoms with Gasteiger partial charge in [-0.05, 0) is 42.7 Å². The molecular weight excluding hydrogens is 299 g/mol. The minimum absolute atomic E-state index is 0.0423. The summed E-state index contributed by atoms with van der Waals surface area (Å²) >= 11 is 1.48. The molecule has 114 valence electrons. The maximum atomic E-state index is 12.9. The van der Waals surface area contributed by atoms with Gasteiger partial charge < -0.3 is 4.90 Å². The number of carbonyl (C=O) groups excluding carboxylic acids is 1. The second-order valence-electron chi connectivity index (χ2n) is 5.60. The van der Waals surface area contributed by atoms with Crippen LogP contribution < -0.4 is 0 Å². The summed E-state index contributed by atoms with van der Waals surface area (Å²) in [7, 11) is 0. The molecule has 1 fully saturated rings. The van der Waals surface area contributed by atoms with Crippen LogP contribution in [-0.4, -0.2) is 28.9 Å². The van der Waals surface area contributed by atoms with Crippen molar-refractivity contribution in [1.29, 1.82) is 0 Å². The second kappa shape index (κ2) is 6.40. The number of aromatic nitrogens is 1. The molecule has 3 nitrogen and oxygen atoms in total. The van der Waals surface area contributed by atoms with Crippen LogP contribution in [0.2, 0.25) is 0 Å². The third kappa shape index (κ3) is 3.42. The van der Waals surface area contributed by atoms with Crippen LogP contribution in [0.1, 0.15) is 19.0 Å². The molecule has 1 aromatic heterocycles. The van der Waals surface area contributed by atoms with Crippen LogP contribution in [0.5, 0.6) is 0 Å². The standard InChI is InChI=1S/C17H17FN2OS/c1-12-8-9-20(10-12)16(21)7-6-15-11-22-17(19-15)13-2-4-14(18)5-3-13/h2-7,11-12H,8-10H2,1H3/b7-6+. The van der Waals surface area contributed by atoms with Crippen LogP contribution in [-0.2, 0) is 4.79 Å². The first-order chi connectivity index (χ1) is 10.6. The normalized spacial score (nSPS) is 18.3. The number of halogens is 1. The fourth-order valence-corrected chi connectivity index (χ4v) is 3.28. The summed E-state index contributed by atoms with van der Waals surface area (Å²) in [5.41, 5.74) is 1.63. The number of thiazole rings is 1. The lowest BCUT2D eigenvalue weighted by molar-refractivity contribution is -0.125. The van der Waals surface area contributed by atoms with Gasteiger partial charge in [0.1, 0.15) is 10.8 Å². The highest BCUT2D eigenvalue weighted by molar-refractivity contribution is 7.13. The molecule has 1 aliphatic heterocycles. The van der Waals surface area contributed by atoms with Crippen LogP contribution >= 0.6 is 11.3 Å². The lowest BCUT2D eigenvalue weighted by Gasteiger charge is -2.12. The third-order valence-electron chi connectivity index (χ3n) is 3.75. The summed E-state index contributed by atoms with van der Waals surface area (Å²) in [4.78, 5) is 18.4. The SMILES string of the molecule is CC1CCN(C(=O)/C=C/c2csc(-c3ccc(F)cc3)n2)C1. The minimum atomic E-state index is -0.258. The molecule has 3 rings (SSSR count). The lowest BCUT2D eigenvalue weighted by atomic mass is 10.2. The first kappa shape index (κ1) is 14.9. The Morgan fingerprint density at radius 2 is 2.18 bits per heavy atom. The van der Waals surface area contributed by atoms with Gasteiger partial charge in [-0.25, -0.2) is 9.37 Å². The smallest absolute Gasteiger partial charge is 0.246 e. The molecular formula is C17H17FN2OS. The maximum absolute atomic E-state index is 12.9. The number of amides is 1. The molecule has 0 saturated carbocycles. The van der Waals surface area contributed by atoms with Crippen molar-refractivity contribution in [3.63, 3.8) is 0 Å². The van der Waals surface area contributed by atoms with E-state index in [9.17, 15) is 9.18 Å². The van der Waals surface area contributed by atoms with Crippen molar-refractivity contribution in [2.75, 3.05) is 13.1 Å². The highest BCUT2D eigenvalue weighted by Crippen LogP contribution is 2.24. The molecule has 0 radical (unpaired) electrons. The number of likely N-dealkylation sites (tertiary alicyclic amines) is 1. The van der Waals surface area contributed by atoms with Crippen molar-refractivity contribution < 1.29 is 9.18 Å². The van der Waals surface area contributed by atoms with Crippen LogP contribution in [0.3, 0.4) is 0 Å². The van der Waals surface area contributed by atoms with E-state index in [2.05, 4.69) is 11.9 Å². The van der Waals surface area contributed by atoms with Gasteiger partial charge in [-0.15, -0.1) is 11.3 Å². The van der Waals surface area contributed by atoms with E-state index < -0.39 is 0 Å². The van der Waals surface area contributed by atoms with Crippen LogP contribution in [0.25, 0.3) is 16.6 Å². The largest absolute Gasteiger partial charge is 0.339 e. The Bertz CT molecular complexity index is 693. The summed E-state index contributed by atoms with van der Waals surface area (Å²) in [6, 6.07) is 6.26. The molecule has 2 heterocycles. The quantitative estimate of drug-likeness (QED) is 0.806. The van der Waals surface area contributed by atoms with Crippen molar-refractivity contribution in [3.05, 3.63) is 47.2 Å². The van der Waals surface area contributed by atoms with Gasteiger partial charge in [0.25, 0.3) is 0 Å². The number of rotatable bonds is 3. The zero-order chi connectivity index (χ0) is 15.5. The van der Waals surface area contributed by atoms with Crippen molar-refractivity contribution >= 4 is 23.3 Å². The molecule has 1 unspecified atom stereocenters. The summed E-state index contributed by atoms with van der Waals surface area (Å²) in [5, 5.41) is 2.72. The highest BCUT2D eigenvalue weighted by Gasteiger charge is 2.21. The molecule has 0 bridgehead atoms. The molecule has 1 aromatic carbocycles. The van der Waals surface area contributed by atoms with Gasteiger partial charge in [-0.1, -0.05) is 6.92 Å². The Hall–Kier alpha value is -2.01. The second-order valence-corrected chi connectivity index (χ2v) is 6.45. The Balaban J connectivity index is 1.67. The number of hydrogen-bond donors (Lipinski definition) is 0. The van der Waals surface area contributed by atoms with E-state index in [1.54, 1.807) is 24.3 Å². The monoisotopic (exact) mass is 316 g/mol. The number of nitrogens with zero attached hydrogens (tertiary/aromatic N) is 2. The average molecular weight is 316 g/mol. The third-order valence-corrected chi connectivity index (χ3v) is 4.65. The number of carbonyl (C=O) groups is 1. The van der Waals surface area contributed by atoms with E-state index in [0.717, 1.165) is 35.8 Å². The molecule has 22 heavy (non-hydrogen) atoms. The first-order valence-corrected chi connectivity index (χ1v) is 8.18. The Kier molecular flexibility index (Phi) is 4.34. The molecule has 5 heteroatoms. The Labute approximate surface area is 133 Å². The van der Waals surface area contributed by atoms with Gasteiger partial charge in [0.05, 0.1) is 5.69 Å². The van der Waals surface area contributed by atoms with Gasteiger partial charge in [-0.3, -0.25) is 4.79 Å². The van der Waals surface area contributed by atoms with E-state index in [0.29, 0.717) is 5.92 Å². The molecule has 0 N–H and O–H groups in total. The Morgan fingerprint density at radius 3 is 2.86 bits per heavy atom. The van der Waals surface area contributed by atoms with E-state index in [1.807, 2.05) is 10.3 Å². The summed E-state index contributed by atoms with van der Waals surface area (Å²) in [6.07, 6.45) is 4.40. The number of hydrogen-bond acceptors (Lipinski definition) is 3. The fourth-order valence-electron chi connectivity index (χ4n) is 2.49. The van der Waals surface area contributed by atoms with Crippen molar-refractivity contribution in [2.45, 2.75) is 13.3 Å². The van der Waals surface area contributed by atoms with Crippen molar-refractivity contribution in [1.82, 2.24) is 9.88 Å². The fraction of sp³-hybridized carbons (Fsp3) is 0.294. The van der Waals surface area contributed by atoms with Crippen molar-refractivity contribution in [3.8, 4) is 10.6 Å². The van der Waals surface area contributed by atoms with E-state index in [1.165, 1.54) is 23.5 Å². The van der Waals surface area contributed by atoms with Crippen molar-refractivity contribution in [2.24, 2.45) is 5.92 Å². The highest BCUT2D eigenvalue weighted by atomic mass is 32.1. The van der Waals surface area contributed by atoms with E-state index in [-0.39, 0.29) is 11.7 Å².